The van der Waals surface area contributed by atoms with Gasteiger partial charge in [0.25, 0.3) is 0 Å². The van der Waals surface area contributed by atoms with Crippen LogP contribution in [0.2, 0.25) is 0 Å². The molecule has 22 heavy (non-hydrogen) atoms. The molecule has 3 atom stereocenters. The van der Waals surface area contributed by atoms with Gasteiger partial charge in [-0.3, -0.25) is 9.59 Å². The van der Waals surface area contributed by atoms with Gasteiger partial charge >= 0.3 is 5.97 Å². The number of carbonyl (C=O) groups excluding carboxylic acids is 2. The van der Waals surface area contributed by atoms with Crippen molar-refractivity contribution in [1.82, 2.24) is 5.32 Å². The van der Waals surface area contributed by atoms with Crippen LogP contribution in [0.4, 0.5) is 4.39 Å². The van der Waals surface area contributed by atoms with Crippen molar-refractivity contribution in [2.24, 2.45) is 11.7 Å². The number of aliphatic hydroxyl groups is 1. The number of amides is 1. The lowest BCUT2D eigenvalue weighted by Crippen LogP contribution is -2.51. The highest BCUT2D eigenvalue weighted by Gasteiger charge is 2.28. The van der Waals surface area contributed by atoms with E-state index in [-0.39, 0.29) is 12.3 Å². The first-order valence-corrected chi connectivity index (χ1v) is 7.48. The van der Waals surface area contributed by atoms with Crippen molar-refractivity contribution in [2.45, 2.75) is 71.2 Å². The standard InChI is InChI=1S/C15H29FN2O4/c1-9(2)6-10(17)14(21)18-11(12(19)8-16)7-13(20)22-15(3,4)5/h9-12,19H,6-8,17H2,1-5H3,(H,18,21)/t10-,11?,12?/m0/s1. The van der Waals surface area contributed by atoms with Crippen molar-refractivity contribution in [3.8, 4) is 0 Å². The Bertz CT molecular complexity index is 369. The van der Waals surface area contributed by atoms with Crippen molar-refractivity contribution in [3.63, 3.8) is 0 Å². The maximum Gasteiger partial charge on any atom is 0.308 e. The van der Waals surface area contributed by atoms with E-state index in [0.29, 0.717) is 6.42 Å². The lowest BCUT2D eigenvalue weighted by Gasteiger charge is -2.26. The fourth-order valence-corrected chi connectivity index (χ4v) is 1.86. The zero-order chi connectivity index (χ0) is 17.5. The number of alkyl halides is 1. The minimum absolute atomic E-state index is 0.219. The van der Waals surface area contributed by atoms with Crippen LogP contribution in [-0.2, 0) is 14.3 Å². The highest BCUT2D eigenvalue weighted by Crippen LogP contribution is 2.11. The normalized spacial score (nSPS) is 16.0. The first-order valence-electron chi connectivity index (χ1n) is 7.48. The maximum atomic E-state index is 12.7. The molecule has 130 valence electrons. The minimum atomic E-state index is -1.48. The van der Waals surface area contributed by atoms with Gasteiger partial charge in [0, 0.05) is 0 Å². The highest BCUT2D eigenvalue weighted by molar-refractivity contribution is 5.82. The van der Waals surface area contributed by atoms with E-state index >= 15 is 0 Å². The number of esters is 1. The van der Waals surface area contributed by atoms with Crippen molar-refractivity contribution in [1.29, 1.82) is 0 Å². The molecule has 7 heteroatoms. The number of nitrogens with two attached hydrogens (primary N) is 1. The molecule has 0 radical (unpaired) electrons. The van der Waals surface area contributed by atoms with Crippen molar-refractivity contribution in [2.75, 3.05) is 6.67 Å². The number of hydrogen-bond donors (Lipinski definition) is 3. The van der Waals surface area contributed by atoms with E-state index in [4.69, 9.17) is 10.5 Å². The molecule has 0 saturated heterocycles. The Labute approximate surface area is 131 Å². The van der Waals surface area contributed by atoms with Crippen LogP contribution in [0.5, 0.6) is 0 Å². The molecule has 4 N–H and O–H groups in total. The largest absolute Gasteiger partial charge is 0.460 e. The number of ether oxygens (including phenoxy) is 1. The second-order valence-electron chi connectivity index (χ2n) is 6.86. The van der Waals surface area contributed by atoms with Crippen LogP contribution in [0.1, 0.15) is 47.5 Å². The number of aliphatic hydroxyl groups excluding tert-OH is 1. The molecule has 0 saturated carbocycles. The average molecular weight is 320 g/mol. The SMILES string of the molecule is CC(C)C[C@H](N)C(=O)NC(CC(=O)OC(C)(C)C)C(O)CF. The van der Waals surface area contributed by atoms with Crippen LogP contribution in [0.15, 0.2) is 0 Å². The van der Waals surface area contributed by atoms with Gasteiger partial charge in [-0.1, -0.05) is 13.8 Å². The maximum absolute atomic E-state index is 12.7. The van der Waals surface area contributed by atoms with E-state index in [1.165, 1.54) is 0 Å². The van der Waals surface area contributed by atoms with Gasteiger partial charge < -0.3 is 20.9 Å². The van der Waals surface area contributed by atoms with E-state index in [1.54, 1.807) is 20.8 Å². The molecule has 0 aromatic rings. The first-order chi connectivity index (χ1) is 9.96. The van der Waals surface area contributed by atoms with Crippen molar-refractivity contribution in [3.05, 3.63) is 0 Å². The molecule has 0 aliphatic rings. The molecule has 0 spiro atoms. The molecule has 0 rings (SSSR count). The Morgan fingerprint density at radius 2 is 1.86 bits per heavy atom. The van der Waals surface area contributed by atoms with Crippen LogP contribution in [-0.4, -0.2) is 47.4 Å². The zero-order valence-electron chi connectivity index (χ0n) is 14.1. The fraction of sp³-hybridized carbons (Fsp3) is 0.867. The molecule has 0 aromatic carbocycles. The smallest absolute Gasteiger partial charge is 0.308 e. The van der Waals surface area contributed by atoms with Gasteiger partial charge in [0.2, 0.25) is 5.91 Å². The van der Waals surface area contributed by atoms with Gasteiger partial charge in [-0.2, -0.15) is 0 Å². The summed E-state index contributed by atoms with van der Waals surface area (Å²) in [6, 6.07) is -1.83. The van der Waals surface area contributed by atoms with Gasteiger partial charge in [0.1, 0.15) is 18.4 Å². The Morgan fingerprint density at radius 1 is 1.32 bits per heavy atom. The van der Waals surface area contributed by atoms with Gasteiger partial charge in [-0.05, 0) is 33.1 Å². The second-order valence-corrected chi connectivity index (χ2v) is 6.86. The molecular weight excluding hydrogens is 291 g/mol. The summed E-state index contributed by atoms with van der Waals surface area (Å²) in [6.07, 6.45) is -1.35. The van der Waals surface area contributed by atoms with E-state index < -0.39 is 42.3 Å². The lowest BCUT2D eigenvalue weighted by atomic mass is 10.0. The molecule has 0 aliphatic heterocycles. The third-order valence-corrected chi connectivity index (χ3v) is 2.82. The number of rotatable bonds is 8. The minimum Gasteiger partial charge on any atom is -0.460 e. The Balaban J connectivity index is 4.72. The Morgan fingerprint density at radius 3 is 2.27 bits per heavy atom. The van der Waals surface area contributed by atoms with E-state index in [0.717, 1.165) is 0 Å². The summed E-state index contributed by atoms with van der Waals surface area (Å²) in [6.45, 7) is 7.85. The van der Waals surface area contributed by atoms with Crippen LogP contribution in [0.3, 0.4) is 0 Å². The summed E-state index contributed by atoms with van der Waals surface area (Å²) in [5.41, 5.74) is 5.04. The van der Waals surface area contributed by atoms with Crippen LogP contribution < -0.4 is 11.1 Å². The van der Waals surface area contributed by atoms with E-state index in [2.05, 4.69) is 5.32 Å². The first kappa shape index (κ1) is 20.8. The fourth-order valence-electron chi connectivity index (χ4n) is 1.86. The summed E-state index contributed by atoms with van der Waals surface area (Å²) in [4.78, 5) is 23.7. The molecule has 0 heterocycles. The quantitative estimate of drug-likeness (QED) is 0.577. The predicted molar refractivity (Wildman–Crippen MR) is 81.8 cm³/mol. The van der Waals surface area contributed by atoms with Gasteiger partial charge in [0.15, 0.2) is 0 Å². The summed E-state index contributed by atoms with van der Waals surface area (Å²) in [5.74, 6) is -0.923. The zero-order valence-corrected chi connectivity index (χ0v) is 14.1. The van der Waals surface area contributed by atoms with Crippen LogP contribution in [0.25, 0.3) is 0 Å². The summed E-state index contributed by atoms with van der Waals surface area (Å²) in [5, 5.41) is 12.1. The predicted octanol–water partition coefficient (Wildman–Crippen LogP) is 0.907. The number of halogens is 1. The number of carbonyl (C=O) groups is 2. The van der Waals surface area contributed by atoms with E-state index in [9.17, 15) is 19.1 Å². The summed E-state index contributed by atoms with van der Waals surface area (Å²) < 4.78 is 17.8. The molecule has 0 aliphatic carbocycles. The molecule has 0 fully saturated rings. The highest BCUT2D eigenvalue weighted by atomic mass is 19.1. The molecule has 1 amide bonds. The third kappa shape index (κ3) is 8.94. The van der Waals surface area contributed by atoms with E-state index in [1.807, 2.05) is 13.8 Å². The molecule has 0 aromatic heterocycles. The molecule has 6 nitrogen and oxygen atoms in total. The number of hydrogen-bond acceptors (Lipinski definition) is 5. The number of nitrogens with one attached hydrogen (secondary N) is 1. The van der Waals surface area contributed by atoms with Crippen molar-refractivity contribution < 1.29 is 23.8 Å². The molecular formula is C15H29FN2O4. The lowest BCUT2D eigenvalue weighted by molar-refractivity contribution is -0.156. The Hall–Kier alpha value is -1.21. The average Bonchev–Trinajstić information content (AvgIpc) is 2.33. The monoisotopic (exact) mass is 320 g/mol. The third-order valence-electron chi connectivity index (χ3n) is 2.82. The van der Waals surface area contributed by atoms with Gasteiger partial charge in [0.05, 0.1) is 18.5 Å². The molecule has 0 bridgehead atoms. The summed E-state index contributed by atoms with van der Waals surface area (Å²) >= 11 is 0. The molecule has 2 unspecified atom stereocenters. The second kappa shape index (κ2) is 9.05. The topological polar surface area (TPSA) is 102 Å². The van der Waals surface area contributed by atoms with Crippen molar-refractivity contribution >= 4 is 11.9 Å². The van der Waals surface area contributed by atoms with Gasteiger partial charge in [-0.15, -0.1) is 0 Å². The van der Waals surface area contributed by atoms with Crippen LogP contribution in [0, 0.1) is 5.92 Å². The van der Waals surface area contributed by atoms with Gasteiger partial charge in [-0.25, -0.2) is 4.39 Å². The Kier molecular flexibility index (Phi) is 8.55. The summed E-state index contributed by atoms with van der Waals surface area (Å²) in [7, 11) is 0. The van der Waals surface area contributed by atoms with Crippen LogP contribution >= 0.6 is 0 Å².